The lowest BCUT2D eigenvalue weighted by Gasteiger charge is -2.03. The van der Waals surface area contributed by atoms with Gasteiger partial charge in [0.2, 0.25) is 0 Å². The van der Waals surface area contributed by atoms with Crippen LogP contribution < -0.4 is 0 Å². The number of pyridine rings is 1. The molecule has 0 bridgehead atoms. The topological polar surface area (TPSA) is 43.6 Å². The Hall–Kier alpha value is -1.71. The molecule has 2 heterocycles. The molecule has 0 amide bonds. The highest BCUT2D eigenvalue weighted by atomic mass is 15.5. The zero-order chi connectivity index (χ0) is 9.26. The SMILES string of the molecule is Cc1cc(C)c(-n2nccn2)cn1. The van der Waals surface area contributed by atoms with Crippen molar-refractivity contribution in [2.24, 2.45) is 0 Å². The van der Waals surface area contributed by atoms with Crippen molar-refractivity contribution < 1.29 is 0 Å². The van der Waals surface area contributed by atoms with Crippen LogP contribution in [0.5, 0.6) is 0 Å². The summed E-state index contributed by atoms with van der Waals surface area (Å²) in [6.07, 6.45) is 5.09. The van der Waals surface area contributed by atoms with Crippen LogP contribution in [0.25, 0.3) is 5.69 Å². The molecule has 0 unspecified atom stereocenters. The molecule has 0 saturated heterocycles. The van der Waals surface area contributed by atoms with E-state index in [9.17, 15) is 0 Å². The van der Waals surface area contributed by atoms with Crippen molar-refractivity contribution in [3.8, 4) is 5.69 Å². The zero-order valence-electron chi connectivity index (χ0n) is 7.60. The first-order valence-electron chi connectivity index (χ1n) is 4.07. The summed E-state index contributed by atoms with van der Waals surface area (Å²) in [4.78, 5) is 5.77. The Bertz CT molecular complexity index is 406. The Morgan fingerprint density at radius 3 is 2.46 bits per heavy atom. The fourth-order valence-corrected chi connectivity index (χ4v) is 1.24. The van der Waals surface area contributed by atoms with Gasteiger partial charge in [-0.25, -0.2) is 0 Å². The summed E-state index contributed by atoms with van der Waals surface area (Å²) >= 11 is 0. The molecule has 4 nitrogen and oxygen atoms in total. The summed E-state index contributed by atoms with van der Waals surface area (Å²) in [5, 5.41) is 8.09. The summed E-state index contributed by atoms with van der Waals surface area (Å²) in [5.74, 6) is 0. The van der Waals surface area contributed by atoms with Crippen LogP contribution in [0.2, 0.25) is 0 Å². The molecule has 0 aliphatic rings. The second-order valence-corrected chi connectivity index (χ2v) is 2.93. The molecule has 13 heavy (non-hydrogen) atoms. The van der Waals surface area contributed by atoms with Crippen LogP contribution >= 0.6 is 0 Å². The van der Waals surface area contributed by atoms with Crippen LogP contribution in [-0.4, -0.2) is 20.0 Å². The van der Waals surface area contributed by atoms with Gasteiger partial charge in [0.15, 0.2) is 0 Å². The standard InChI is InChI=1S/C9H10N4/c1-7-5-8(2)10-6-9(7)13-11-3-4-12-13/h3-6H,1-2H3. The maximum Gasteiger partial charge on any atom is 0.107 e. The molecule has 0 N–H and O–H groups in total. The molecule has 0 saturated carbocycles. The van der Waals surface area contributed by atoms with Gasteiger partial charge in [-0.2, -0.15) is 10.2 Å². The summed E-state index contributed by atoms with van der Waals surface area (Å²) in [5.41, 5.74) is 3.06. The number of rotatable bonds is 1. The first kappa shape index (κ1) is 7.91. The molecule has 0 spiro atoms. The van der Waals surface area contributed by atoms with E-state index in [0.717, 1.165) is 16.9 Å². The summed E-state index contributed by atoms with van der Waals surface area (Å²) in [6.45, 7) is 3.99. The van der Waals surface area contributed by atoms with E-state index in [1.807, 2.05) is 19.9 Å². The predicted octanol–water partition coefficient (Wildman–Crippen LogP) is 1.28. The van der Waals surface area contributed by atoms with Crippen molar-refractivity contribution in [1.29, 1.82) is 0 Å². The van der Waals surface area contributed by atoms with Gasteiger partial charge in [-0.1, -0.05) is 0 Å². The number of nitrogens with zero attached hydrogens (tertiary/aromatic N) is 4. The Kier molecular flexibility index (Phi) is 1.81. The van der Waals surface area contributed by atoms with Gasteiger partial charge in [0.1, 0.15) is 5.69 Å². The lowest BCUT2D eigenvalue weighted by Crippen LogP contribution is -2.02. The second-order valence-electron chi connectivity index (χ2n) is 2.93. The maximum atomic E-state index is 4.20. The quantitative estimate of drug-likeness (QED) is 0.654. The van der Waals surface area contributed by atoms with Gasteiger partial charge in [0, 0.05) is 5.69 Å². The van der Waals surface area contributed by atoms with Gasteiger partial charge < -0.3 is 0 Å². The largest absolute Gasteiger partial charge is 0.259 e. The van der Waals surface area contributed by atoms with Gasteiger partial charge in [0.05, 0.1) is 18.6 Å². The van der Waals surface area contributed by atoms with E-state index >= 15 is 0 Å². The molecule has 0 atom stereocenters. The molecule has 4 heteroatoms. The Morgan fingerprint density at radius 2 is 1.85 bits per heavy atom. The van der Waals surface area contributed by atoms with Gasteiger partial charge >= 0.3 is 0 Å². The third-order valence-corrected chi connectivity index (χ3v) is 1.85. The molecular weight excluding hydrogens is 164 g/mol. The normalized spacial score (nSPS) is 10.3. The minimum Gasteiger partial charge on any atom is -0.259 e. The van der Waals surface area contributed by atoms with Crippen LogP contribution in [0.1, 0.15) is 11.3 Å². The van der Waals surface area contributed by atoms with E-state index in [2.05, 4.69) is 15.2 Å². The van der Waals surface area contributed by atoms with E-state index in [-0.39, 0.29) is 0 Å². The van der Waals surface area contributed by atoms with Gasteiger partial charge in [0.25, 0.3) is 0 Å². The minimum atomic E-state index is 0.926. The third kappa shape index (κ3) is 1.42. The van der Waals surface area contributed by atoms with Crippen LogP contribution in [0, 0.1) is 13.8 Å². The summed E-state index contributed by atoms with van der Waals surface area (Å²) in [7, 11) is 0. The average molecular weight is 174 g/mol. The molecule has 0 fully saturated rings. The Morgan fingerprint density at radius 1 is 1.15 bits per heavy atom. The Balaban J connectivity index is 2.53. The van der Waals surface area contributed by atoms with Crippen molar-refractivity contribution in [1.82, 2.24) is 20.0 Å². The first-order valence-corrected chi connectivity index (χ1v) is 4.07. The zero-order valence-corrected chi connectivity index (χ0v) is 7.60. The molecule has 0 radical (unpaired) electrons. The number of aryl methyl sites for hydroxylation is 2. The molecule has 66 valence electrons. The van der Waals surface area contributed by atoms with Crippen LogP contribution in [0.4, 0.5) is 0 Å². The molecule has 0 aliphatic heterocycles. The molecular formula is C9H10N4. The summed E-state index contributed by atoms with van der Waals surface area (Å²) in [6, 6.07) is 2.01. The molecule has 0 aliphatic carbocycles. The van der Waals surface area contributed by atoms with Crippen molar-refractivity contribution in [3.63, 3.8) is 0 Å². The van der Waals surface area contributed by atoms with E-state index in [1.54, 1.807) is 23.4 Å². The first-order chi connectivity index (χ1) is 6.27. The van der Waals surface area contributed by atoms with Crippen LogP contribution in [-0.2, 0) is 0 Å². The lowest BCUT2D eigenvalue weighted by molar-refractivity contribution is 0.742. The highest BCUT2D eigenvalue weighted by Crippen LogP contribution is 2.10. The van der Waals surface area contributed by atoms with E-state index < -0.39 is 0 Å². The van der Waals surface area contributed by atoms with Crippen molar-refractivity contribution in [3.05, 3.63) is 35.9 Å². The predicted molar refractivity (Wildman–Crippen MR) is 48.6 cm³/mol. The smallest absolute Gasteiger partial charge is 0.107 e. The maximum absolute atomic E-state index is 4.20. The van der Waals surface area contributed by atoms with Crippen molar-refractivity contribution in [2.75, 3.05) is 0 Å². The third-order valence-electron chi connectivity index (χ3n) is 1.85. The van der Waals surface area contributed by atoms with Gasteiger partial charge in [-0.3, -0.25) is 4.98 Å². The van der Waals surface area contributed by atoms with E-state index in [0.29, 0.717) is 0 Å². The number of hydrogen-bond donors (Lipinski definition) is 0. The molecule has 2 aromatic rings. The van der Waals surface area contributed by atoms with Crippen molar-refractivity contribution in [2.45, 2.75) is 13.8 Å². The van der Waals surface area contributed by atoms with E-state index in [1.165, 1.54) is 0 Å². The van der Waals surface area contributed by atoms with Crippen LogP contribution in [0.15, 0.2) is 24.7 Å². The number of hydrogen-bond acceptors (Lipinski definition) is 3. The molecule has 2 aromatic heterocycles. The minimum absolute atomic E-state index is 0.926. The fraction of sp³-hybridized carbons (Fsp3) is 0.222. The van der Waals surface area contributed by atoms with Gasteiger partial charge in [-0.15, -0.1) is 4.80 Å². The van der Waals surface area contributed by atoms with Gasteiger partial charge in [-0.05, 0) is 25.5 Å². The van der Waals surface area contributed by atoms with Crippen LogP contribution in [0.3, 0.4) is 0 Å². The molecule has 2 rings (SSSR count). The van der Waals surface area contributed by atoms with Crippen molar-refractivity contribution >= 4 is 0 Å². The van der Waals surface area contributed by atoms with E-state index in [4.69, 9.17) is 0 Å². The average Bonchev–Trinajstić information content (AvgIpc) is 2.56. The lowest BCUT2D eigenvalue weighted by atomic mass is 10.2. The summed E-state index contributed by atoms with van der Waals surface area (Å²) < 4.78 is 0. The highest BCUT2D eigenvalue weighted by molar-refractivity contribution is 5.36. The monoisotopic (exact) mass is 174 g/mol. The second kappa shape index (κ2) is 2.97. The highest BCUT2D eigenvalue weighted by Gasteiger charge is 2.02. The molecule has 0 aromatic carbocycles. The number of aromatic nitrogens is 4. The fourth-order valence-electron chi connectivity index (χ4n) is 1.24. The Labute approximate surface area is 76.2 Å².